The van der Waals surface area contributed by atoms with Crippen molar-refractivity contribution in [1.29, 1.82) is 0 Å². The van der Waals surface area contributed by atoms with Crippen LogP contribution in [0.2, 0.25) is 0 Å². The summed E-state index contributed by atoms with van der Waals surface area (Å²) in [6, 6.07) is 5.66. The molecule has 1 aliphatic rings. The van der Waals surface area contributed by atoms with Gasteiger partial charge in [-0.05, 0) is 38.5 Å². The van der Waals surface area contributed by atoms with Crippen LogP contribution < -0.4 is 10.6 Å². The van der Waals surface area contributed by atoms with Crippen molar-refractivity contribution < 1.29 is 9.59 Å². The van der Waals surface area contributed by atoms with Crippen LogP contribution >= 0.6 is 11.8 Å². The van der Waals surface area contributed by atoms with Gasteiger partial charge < -0.3 is 10.6 Å². The minimum absolute atomic E-state index is 0.0111. The molecule has 0 saturated carbocycles. The largest absolute Gasteiger partial charge is 0.350 e. The fourth-order valence-electron chi connectivity index (χ4n) is 2.43. The van der Waals surface area contributed by atoms with Crippen LogP contribution in [0.25, 0.3) is 0 Å². The number of rotatable bonds is 6. The van der Waals surface area contributed by atoms with E-state index in [1.807, 2.05) is 26.0 Å². The molecule has 2 rings (SSSR count). The third-order valence-corrected chi connectivity index (χ3v) is 4.97. The topological polar surface area (TPSA) is 58.2 Å². The molecular weight excluding hydrogens is 296 g/mol. The molecule has 1 heterocycles. The molecule has 22 heavy (non-hydrogen) atoms. The van der Waals surface area contributed by atoms with E-state index in [2.05, 4.69) is 17.6 Å². The molecular formula is C17H24N2O2S. The van der Waals surface area contributed by atoms with Crippen LogP contribution in [0, 0.1) is 0 Å². The van der Waals surface area contributed by atoms with Gasteiger partial charge in [-0.15, -0.1) is 11.8 Å². The summed E-state index contributed by atoms with van der Waals surface area (Å²) in [5, 5.41) is 5.79. The molecule has 0 fully saturated rings. The predicted molar refractivity (Wildman–Crippen MR) is 91.5 cm³/mol. The quantitative estimate of drug-likeness (QED) is 0.783. The van der Waals surface area contributed by atoms with Gasteiger partial charge in [0, 0.05) is 16.5 Å². The Bertz CT molecular complexity index is 560. The third kappa shape index (κ3) is 4.26. The molecule has 4 nitrogen and oxygen atoms in total. The highest BCUT2D eigenvalue weighted by Crippen LogP contribution is 2.35. The number of carbonyl (C=O) groups excluding carboxylic acids is 2. The van der Waals surface area contributed by atoms with E-state index in [1.54, 1.807) is 6.07 Å². The van der Waals surface area contributed by atoms with Crippen molar-refractivity contribution >= 4 is 29.3 Å². The first-order valence-electron chi connectivity index (χ1n) is 7.93. The number of unbranched alkanes of at least 4 members (excludes halogenated alkanes) is 2. The summed E-state index contributed by atoms with van der Waals surface area (Å²) in [7, 11) is 0. The second-order valence-corrected chi connectivity index (χ2v) is 7.21. The fraction of sp³-hybridized carbons (Fsp3) is 0.529. The monoisotopic (exact) mass is 320 g/mol. The van der Waals surface area contributed by atoms with Crippen LogP contribution in [-0.2, 0) is 4.79 Å². The summed E-state index contributed by atoms with van der Waals surface area (Å²) in [4.78, 5) is 25.0. The first kappa shape index (κ1) is 16.9. The van der Waals surface area contributed by atoms with E-state index in [0.29, 0.717) is 5.56 Å². The molecule has 1 aromatic rings. The molecule has 0 saturated heterocycles. The van der Waals surface area contributed by atoms with Crippen molar-refractivity contribution in [2.75, 3.05) is 5.32 Å². The first-order chi connectivity index (χ1) is 10.5. The number of thioether (sulfide) groups is 1. The Balaban J connectivity index is 1.99. The smallest absolute Gasteiger partial charge is 0.251 e. The predicted octanol–water partition coefficient (Wildman–Crippen LogP) is 3.82. The highest BCUT2D eigenvalue weighted by atomic mass is 32.2. The molecule has 0 aromatic heterocycles. The average molecular weight is 320 g/mol. The molecule has 120 valence electrons. The molecule has 0 unspecified atom stereocenters. The van der Waals surface area contributed by atoms with E-state index in [0.717, 1.165) is 23.4 Å². The molecule has 0 bridgehead atoms. The SMILES string of the molecule is CCCCC[C@H](C)NC(=O)c1ccc2c(c1)NC(=O)[C@H](C)S2. The molecule has 0 aliphatic carbocycles. The molecule has 2 atom stereocenters. The van der Waals surface area contributed by atoms with Crippen LogP contribution in [-0.4, -0.2) is 23.1 Å². The Morgan fingerprint density at radius 1 is 1.41 bits per heavy atom. The Morgan fingerprint density at radius 2 is 2.18 bits per heavy atom. The summed E-state index contributed by atoms with van der Waals surface area (Å²) in [6.07, 6.45) is 4.50. The fourth-order valence-corrected chi connectivity index (χ4v) is 3.36. The minimum Gasteiger partial charge on any atom is -0.350 e. The van der Waals surface area contributed by atoms with Gasteiger partial charge in [0.05, 0.1) is 10.9 Å². The Hall–Kier alpha value is -1.49. The first-order valence-corrected chi connectivity index (χ1v) is 8.81. The van der Waals surface area contributed by atoms with Crippen molar-refractivity contribution in [2.24, 2.45) is 0 Å². The number of anilines is 1. The van der Waals surface area contributed by atoms with Crippen LogP contribution in [0.4, 0.5) is 5.69 Å². The van der Waals surface area contributed by atoms with Gasteiger partial charge in [0.25, 0.3) is 5.91 Å². The van der Waals surface area contributed by atoms with E-state index in [1.165, 1.54) is 24.6 Å². The maximum absolute atomic E-state index is 12.3. The van der Waals surface area contributed by atoms with E-state index in [9.17, 15) is 9.59 Å². The van der Waals surface area contributed by atoms with E-state index >= 15 is 0 Å². The second-order valence-electron chi connectivity index (χ2n) is 5.83. The molecule has 2 N–H and O–H groups in total. The zero-order valence-electron chi connectivity index (χ0n) is 13.4. The minimum atomic E-state index is -0.0919. The van der Waals surface area contributed by atoms with Gasteiger partial charge >= 0.3 is 0 Å². The highest BCUT2D eigenvalue weighted by Gasteiger charge is 2.23. The molecule has 5 heteroatoms. The van der Waals surface area contributed by atoms with Crippen LogP contribution in [0.5, 0.6) is 0 Å². The molecule has 2 amide bonds. The summed E-state index contributed by atoms with van der Waals surface area (Å²) >= 11 is 1.52. The Kier molecular flexibility index (Phi) is 5.89. The van der Waals surface area contributed by atoms with Crippen molar-refractivity contribution in [3.8, 4) is 0 Å². The van der Waals surface area contributed by atoms with Crippen molar-refractivity contribution in [2.45, 2.75) is 62.6 Å². The Morgan fingerprint density at radius 3 is 2.91 bits per heavy atom. The lowest BCUT2D eigenvalue weighted by molar-refractivity contribution is -0.115. The van der Waals surface area contributed by atoms with Crippen molar-refractivity contribution in [3.63, 3.8) is 0 Å². The van der Waals surface area contributed by atoms with Gasteiger partial charge in [0.2, 0.25) is 5.91 Å². The van der Waals surface area contributed by atoms with Crippen molar-refractivity contribution in [3.05, 3.63) is 23.8 Å². The Labute approximate surface area is 136 Å². The van der Waals surface area contributed by atoms with E-state index in [4.69, 9.17) is 0 Å². The summed E-state index contributed by atoms with van der Waals surface area (Å²) in [6.45, 7) is 6.08. The molecule has 0 radical (unpaired) electrons. The highest BCUT2D eigenvalue weighted by molar-refractivity contribution is 8.00. The number of fused-ring (bicyclic) bond motifs is 1. The van der Waals surface area contributed by atoms with Gasteiger partial charge in [0.1, 0.15) is 0 Å². The van der Waals surface area contributed by atoms with Crippen LogP contribution in [0.3, 0.4) is 0 Å². The second kappa shape index (κ2) is 7.68. The van der Waals surface area contributed by atoms with E-state index < -0.39 is 0 Å². The van der Waals surface area contributed by atoms with Gasteiger partial charge in [-0.3, -0.25) is 9.59 Å². The van der Waals surface area contributed by atoms with E-state index in [-0.39, 0.29) is 23.1 Å². The number of carbonyl (C=O) groups is 2. The van der Waals surface area contributed by atoms with Crippen molar-refractivity contribution in [1.82, 2.24) is 5.32 Å². The lowest BCUT2D eigenvalue weighted by Gasteiger charge is -2.22. The zero-order chi connectivity index (χ0) is 16.1. The zero-order valence-corrected chi connectivity index (χ0v) is 14.3. The summed E-state index contributed by atoms with van der Waals surface area (Å²) < 4.78 is 0. The van der Waals surface area contributed by atoms with Crippen LogP contribution in [0.1, 0.15) is 56.8 Å². The number of nitrogens with one attached hydrogen (secondary N) is 2. The lowest BCUT2D eigenvalue weighted by Crippen LogP contribution is -2.33. The number of hydrogen-bond donors (Lipinski definition) is 2. The maximum Gasteiger partial charge on any atom is 0.251 e. The molecule has 1 aliphatic heterocycles. The lowest BCUT2D eigenvalue weighted by atomic mass is 10.1. The maximum atomic E-state index is 12.3. The summed E-state index contributed by atoms with van der Waals surface area (Å²) in [5.41, 5.74) is 1.33. The molecule has 1 aromatic carbocycles. The normalized spacial score (nSPS) is 18.3. The summed E-state index contributed by atoms with van der Waals surface area (Å²) in [5.74, 6) is -0.0901. The number of hydrogen-bond acceptors (Lipinski definition) is 3. The third-order valence-electron chi connectivity index (χ3n) is 3.79. The van der Waals surface area contributed by atoms with Gasteiger partial charge in [-0.1, -0.05) is 26.2 Å². The standard InChI is InChI=1S/C17H24N2O2S/c1-4-5-6-7-11(2)18-17(21)13-8-9-15-14(10-13)19-16(20)12(3)22-15/h8-12H,4-7H2,1-3H3,(H,18,21)(H,19,20)/t11-,12-/m0/s1. The molecule has 0 spiro atoms. The average Bonchev–Trinajstić information content (AvgIpc) is 2.48. The number of amides is 2. The number of benzene rings is 1. The van der Waals surface area contributed by atoms with Gasteiger partial charge in [0.15, 0.2) is 0 Å². The van der Waals surface area contributed by atoms with Gasteiger partial charge in [-0.2, -0.15) is 0 Å². The van der Waals surface area contributed by atoms with Gasteiger partial charge in [-0.25, -0.2) is 0 Å². The van der Waals surface area contributed by atoms with Crippen LogP contribution in [0.15, 0.2) is 23.1 Å².